The zero-order valence-corrected chi connectivity index (χ0v) is 12.1. The fourth-order valence-electron chi connectivity index (χ4n) is 2.32. The first kappa shape index (κ1) is 14.9. The average molecular weight is 324 g/mol. The van der Waals surface area contributed by atoms with Crippen molar-refractivity contribution in [1.29, 1.82) is 0 Å². The van der Waals surface area contributed by atoms with Crippen LogP contribution in [0.4, 0.5) is 13.2 Å². The molecule has 1 saturated heterocycles. The molecule has 2 heterocycles. The predicted molar refractivity (Wildman–Crippen MR) is 76.3 cm³/mol. The van der Waals surface area contributed by atoms with Gasteiger partial charge in [-0.05, 0) is 23.8 Å². The van der Waals surface area contributed by atoms with Gasteiger partial charge in [-0.25, -0.2) is 13.2 Å². The molecule has 1 amide bonds. The maximum absolute atomic E-state index is 13.3. The molecule has 0 aliphatic carbocycles. The van der Waals surface area contributed by atoms with Crippen molar-refractivity contribution in [1.82, 2.24) is 9.88 Å². The highest BCUT2D eigenvalue weighted by atomic mass is 32.2. The summed E-state index contributed by atoms with van der Waals surface area (Å²) >= 11 is 1.42. The third kappa shape index (κ3) is 2.81. The van der Waals surface area contributed by atoms with Crippen molar-refractivity contribution in [2.24, 2.45) is 0 Å². The lowest BCUT2D eigenvalue weighted by Crippen LogP contribution is -2.27. The van der Waals surface area contributed by atoms with Gasteiger partial charge in [-0.1, -0.05) is 6.07 Å². The van der Waals surface area contributed by atoms with E-state index in [0.717, 1.165) is 17.7 Å². The average Bonchev–Trinajstić information content (AvgIpc) is 2.87. The summed E-state index contributed by atoms with van der Waals surface area (Å²) in [6.07, 6.45) is 3.27. The van der Waals surface area contributed by atoms with Crippen molar-refractivity contribution in [2.45, 2.75) is 11.9 Å². The summed E-state index contributed by atoms with van der Waals surface area (Å²) in [5.74, 6) is -3.87. The molecule has 3 rings (SSSR count). The number of carbonyl (C=O) groups is 1. The molecule has 1 atom stereocenters. The SMILES string of the molecule is O=C1CSC(c2cccnc2)N1Cc1cc(F)c(F)c(F)c1. The molecular formula is C15H11F3N2OS. The highest BCUT2D eigenvalue weighted by Gasteiger charge is 2.33. The number of hydrogen-bond donors (Lipinski definition) is 0. The van der Waals surface area contributed by atoms with Crippen LogP contribution in [0.3, 0.4) is 0 Å². The van der Waals surface area contributed by atoms with Gasteiger partial charge in [0.25, 0.3) is 0 Å². The van der Waals surface area contributed by atoms with Gasteiger partial charge < -0.3 is 4.90 Å². The molecule has 1 aliphatic rings. The lowest BCUT2D eigenvalue weighted by molar-refractivity contribution is -0.128. The molecule has 1 aromatic carbocycles. The smallest absolute Gasteiger partial charge is 0.234 e. The van der Waals surface area contributed by atoms with E-state index in [1.807, 2.05) is 6.07 Å². The maximum Gasteiger partial charge on any atom is 0.234 e. The minimum atomic E-state index is -1.50. The van der Waals surface area contributed by atoms with Crippen LogP contribution in [0, 0.1) is 17.5 Å². The monoisotopic (exact) mass is 324 g/mol. The first-order valence-electron chi connectivity index (χ1n) is 6.50. The number of benzene rings is 1. The maximum atomic E-state index is 13.3. The third-order valence-electron chi connectivity index (χ3n) is 3.33. The van der Waals surface area contributed by atoms with Gasteiger partial charge in [0.05, 0.1) is 5.75 Å². The summed E-state index contributed by atoms with van der Waals surface area (Å²) in [4.78, 5) is 17.5. The molecule has 1 unspecified atom stereocenters. The summed E-state index contributed by atoms with van der Waals surface area (Å²) in [7, 11) is 0. The van der Waals surface area contributed by atoms with Gasteiger partial charge in [0, 0.05) is 24.5 Å². The Bertz CT molecular complexity index is 688. The van der Waals surface area contributed by atoms with Crippen LogP contribution in [0.25, 0.3) is 0 Å². The Morgan fingerprint density at radius 3 is 2.64 bits per heavy atom. The summed E-state index contributed by atoms with van der Waals surface area (Å²) < 4.78 is 39.6. The van der Waals surface area contributed by atoms with E-state index in [2.05, 4.69) is 4.98 Å². The van der Waals surface area contributed by atoms with E-state index >= 15 is 0 Å². The van der Waals surface area contributed by atoms with Gasteiger partial charge >= 0.3 is 0 Å². The molecule has 3 nitrogen and oxygen atoms in total. The Labute approximate surface area is 129 Å². The van der Waals surface area contributed by atoms with Crippen molar-refractivity contribution < 1.29 is 18.0 Å². The molecular weight excluding hydrogens is 313 g/mol. The topological polar surface area (TPSA) is 33.2 Å². The normalized spacial score (nSPS) is 18.0. The molecule has 1 aliphatic heterocycles. The van der Waals surface area contributed by atoms with Crippen LogP contribution in [0.15, 0.2) is 36.7 Å². The Kier molecular flexibility index (Phi) is 4.06. The largest absolute Gasteiger partial charge is 0.321 e. The van der Waals surface area contributed by atoms with Crippen molar-refractivity contribution in [3.63, 3.8) is 0 Å². The van der Waals surface area contributed by atoms with E-state index in [9.17, 15) is 18.0 Å². The Balaban J connectivity index is 1.88. The van der Waals surface area contributed by atoms with Crippen LogP contribution < -0.4 is 0 Å². The Hall–Kier alpha value is -2.02. The molecule has 1 aromatic heterocycles. The molecule has 2 aromatic rings. The van der Waals surface area contributed by atoms with Gasteiger partial charge in [0.15, 0.2) is 17.5 Å². The predicted octanol–water partition coefficient (Wildman–Crippen LogP) is 3.27. The van der Waals surface area contributed by atoms with Crippen LogP contribution >= 0.6 is 11.8 Å². The minimum Gasteiger partial charge on any atom is -0.321 e. The molecule has 0 spiro atoms. The number of nitrogens with zero attached hydrogens (tertiary/aromatic N) is 2. The lowest BCUT2D eigenvalue weighted by Gasteiger charge is -2.24. The van der Waals surface area contributed by atoms with Crippen molar-refractivity contribution >= 4 is 17.7 Å². The van der Waals surface area contributed by atoms with Gasteiger partial charge in [-0.3, -0.25) is 9.78 Å². The first-order valence-corrected chi connectivity index (χ1v) is 7.55. The minimum absolute atomic E-state index is 0.0134. The molecule has 0 radical (unpaired) electrons. The van der Waals surface area contributed by atoms with Crippen LogP contribution in [-0.4, -0.2) is 21.5 Å². The van der Waals surface area contributed by atoms with Gasteiger partial charge in [-0.15, -0.1) is 11.8 Å². The molecule has 114 valence electrons. The second kappa shape index (κ2) is 6.00. The van der Waals surface area contributed by atoms with E-state index in [1.54, 1.807) is 18.5 Å². The fourth-order valence-corrected chi connectivity index (χ4v) is 3.49. The molecule has 7 heteroatoms. The molecule has 1 fully saturated rings. The summed E-state index contributed by atoms with van der Waals surface area (Å²) in [5, 5.41) is -0.266. The molecule has 22 heavy (non-hydrogen) atoms. The van der Waals surface area contributed by atoms with E-state index < -0.39 is 17.5 Å². The number of carbonyl (C=O) groups excluding carboxylic acids is 1. The fraction of sp³-hybridized carbons (Fsp3) is 0.200. The van der Waals surface area contributed by atoms with Crippen LogP contribution in [0.2, 0.25) is 0 Å². The molecule has 0 N–H and O–H groups in total. The van der Waals surface area contributed by atoms with Crippen LogP contribution in [-0.2, 0) is 11.3 Å². The number of hydrogen-bond acceptors (Lipinski definition) is 3. The van der Waals surface area contributed by atoms with Crippen LogP contribution in [0.5, 0.6) is 0 Å². The number of pyridine rings is 1. The highest BCUT2D eigenvalue weighted by molar-refractivity contribution is 8.00. The second-order valence-electron chi connectivity index (χ2n) is 4.84. The zero-order valence-electron chi connectivity index (χ0n) is 11.3. The molecule has 0 saturated carbocycles. The second-order valence-corrected chi connectivity index (χ2v) is 5.91. The first-order chi connectivity index (χ1) is 10.6. The van der Waals surface area contributed by atoms with E-state index in [0.29, 0.717) is 0 Å². The highest BCUT2D eigenvalue weighted by Crippen LogP contribution is 2.39. The van der Waals surface area contributed by atoms with Gasteiger partial charge in [0.2, 0.25) is 5.91 Å². The zero-order chi connectivity index (χ0) is 15.7. The van der Waals surface area contributed by atoms with Crippen molar-refractivity contribution in [3.05, 3.63) is 65.2 Å². The van der Waals surface area contributed by atoms with E-state index in [1.165, 1.54) is 16.7 Å². The number of rotatable bonds is 3. The number of thioether (sulfide) groups is 1. The quantitative estimate of drug-likeness (QED) is 0.813. The molecule has 0 bridgehead atoms. The van der Waals surface area contributed by atoms with Crippen LogP contribution in [0.1, 0.15) is 16.5 Å². The van der Waals surface area contributed by atoms with E-state index in [-0.39, 0.29) is 29.1 Å². The summed E-state index contributed by atoms with van der Waals surface area (Å²) in [6, 6.07) is 5.42. The van der Waals surface area contributed by atoms with Crippen molar-refractivity contribution in [3.8, 4) is 0 Å². The standard InChI is InChI=1S/C15H11F3N2OS/c16-11-4-9(5-12(17)14(11)18)7-20-13(21)8-22-15(20)10-2-1-3-19-6-10/h1-6,15H,7-8H2. The lowest BCUT2D eigenvalue weighted by atomic mass is 10.1. The van der Waals surface area contributed by atoms with E-state index in [4.69, 9.17) is 0 Å². The third-order valence-corrected chi connectivity index (χ3v) is 4.59. The Morgan fingerprint density at radius 2 is 2.00 bits per heavy atom. The number of halogens is 3. The van der Waals surface area contributed by atoms with Gasteiger partial charge in [0.1, 0.15) is 5.37 Å². The Morgan fingerprint density at radius 1 is 1.27 bits per heavy atom. The summed E-state index contributed by atoms with van der Waals surface area (Å²) in [6.45, 7) is 0.0134. The summed E-state index contributed by atoms with van der Waals surface area (Å²) in [5.41, 5.74) is 1.04. The number of aromatic nitrogens is 1. The van der Waals surface area contributed by atoms with Crippen molar-refractivity contribution in [2.75, 3.05) is 5.75 Å². The van der Waals surface area contributed by atoms with Gasteiger partial charge in [-0.2, -0.15) is 0 Å². The number of amides is 1.